The van der Waals surface area contributed by atoms with Crippen molar-refractivity contribution >= 4 is 5.91 Å². The molecule has 0 saturated carbocycles. The number of carbonyl (C=O) groups excluding carboxylic acids is 1. The van der Waals surface area contributed by atoms with Crippen LogP contribution in [0.2, 0.25) is 0 Å². The van der Waals surface area contributed by atoms with Gasteiger partial charge in [0.05, 0.1) is 5.56 Å². The van der Waals surface area contributed by atoms with Crippen LogP contribution in [0.3, 0.4) is 0 Å². The molecule has 0 aromatic heterocycles. The third-order valence-corrected chi connectivity index (χ3v) is 4.20. The quantitative estimate of drug-likeness (QED) is 0.782. The van der Waals surface area contributed by atoms with Gasteiger partial charge in [0.15, 0.2) is 0 Å². The molecule has 1 aliphatic rings. The number of amides is 1. The van der Waals surface area contributed by atoms with E-state index in [1.807, 2.05) is 0 Å². The fraction of sp³-hybridized carbons (Fsp3) is 0.588. The first kappa shape index (κ1) is 17.7. The van der Waals surface area contributed by atoms with Gasteiger partial charge in [0.2, 0.25) is 0 Å². The zero-order valence-corrected chi connectivity index (χ0v) is 13.4. The highest BCUT2D eigenvalue weighted by Crippen LogP contribution is 2.20. The number of likely N-dealkylation sites (tertiary alicyclic amines) is 1. The summed E-state index contributed by atoms with van der Waals surface area (Å²) in [5.74, 6) is -0.474. The van der Waals surface area contributed by atoms with Crippen molar-refractivity contribution in [1.82, 2.24) is 10.2 Å². The molecule has 2 rings (SSSR count). The summed E-state index contributed by atoms with van der Waals surface area (Å²) >= 11 is 0. The van der Waals surface area contributed by atoms with Gasteiger partial charge in [0, 0.05) is 19.1 Å². The van der Waals surface area contributed by atoms with Crippen molar-refractivity contribution < 1.29 is 18.3 Å². The second kappa shape index (κ2) is 8.82. The van der Waals surface area contributed by atoms with Crippen LogP contribution < -0.4 is 10.1 Å². The van der Waals surface area contributed by atoms with Crippen LogP contribution in [-0.4, -0.2) is 43.1 Å². The average Bonchev–Trinajstić information content (AvgIpc) is 2.53. The Morgan fingerprint density at radius 2 is 2.17 bits per heavy atom. The third-order valence-electron chi connectivity index (χ3n) is 4.20. The molecule has 1 amide bonds. The molecule has 1 atom stereocenters. The first-order chi connectivity index (χ1) is 11.1. The maximum absolute atomic E-state index is 12.4. The summed E-state index contributed by atoms with van der Waals surface area (Å²) in [5.41, 5.74) is 0.138. The maximum Gasteiger partial charge on any atom is 0.387 e. The number of rotatable bonds is 7. The number of hydrogen-bond acceptors (Lipinski definition) is 3. The number of benzene rings is 1. The Hall–Kier alpha value is -1.69. The highest BCUT2D eigenvalue weighted by molar-refractivity contribution is 5.96. The minimum Gasteiger partial charge on any atom is -0.434 e. The largest absolute Gasteiger partial charge is 0.434 e. The minimum atomic E-state index is -2.94. The molecule has 4 nitrogen and oxygen atoms in total. The van der Waals surface area contributed by atoms with Gasteiger partial charge in [-0.25, -0.2) is 0 Å². The maximum atomic E-state index is 12.4. The SMILES string of the molecule is CC1CCCCN1CCCNC(=O)c1ccccc1OC(F)F. The molecule has 1 N–H and O–H groups in total. The van der Waals surface area contributed by atoms with Crippen molar-refractivity contribution in [3.63, 3.8) is 0 Å². The Labute approximate surface area is 135 Å². The lowest BCUT2D eigenvalue weighted by Gasteiger charge is -2.33. The second-order valence-electron chi connectivity index (χ2n) is 5.86. The van der Waals surface area contributed by atoms with Crippen molar-refractivity contribution in [3.8, 4) is 5.75 Å². The lowest BCUT2D eigenvalue weighted by atomic mass is 10.0. The highest BCUT2D eigenvalue weighted by Gasteiger charge is 2.18. The Morgan fingerprint density at radius 1 is 1.39 bits per heavy atom. The van der Waals surface area contributed by atoms with Crippen molar-refractivity contribution in [2.24, 2.45) is 0 Å². The molecule has 128 valence electrons. The van der Waals surface area contributed by atoms with Gasteiger partial charge in [-0.15, -0.1) is 0 Å². The van der Waals surface area contributed by atoms with Gasteiger partial charge in [-0.1, -0.05) is 18.6 Å². The van der Waals surface area contributed by atoms with E-state index in [2.05, 4.69) is 21.9 Å². The number of carbonyl (C=O) groups is 1. The minimum absolute atomic E-state index is 0.0929. The predicted octanol–water partition coefficient (Wildman–Crippen LogP) is 3.28. The molecule has 23 heavy (non-hydrogen) atoms. The lowest BCUT2D eigenvalue weighted by molar-refractivity contribution is -0.0501. The summed E-state index contributed by atoms with van der Waals surface area (Å²) in [5, 5.41) is 2.78. The molecule has 0 bridgehead atoms. The van der Waals surface area contributed by atoms with Crippen LogP contribution in [0.15, 0.2) is 24.3 Å². The highest BCUT2D eigenvalue weighted by atomic mass is 19.3. The van der Waals surface area contributed by atoms with E-state index in [1.165, 1.54) is 31.4 Å². The molecule has 6 heteroatoms. The van der Waals surface area contributed by atoms with Gasteiger partial charge < -0.3 is 15.0 Å². The summed E-state index contributed by atoms with van der Waals surface area (Å²) < 4.78 is 29.1. The monoisotopic (exact) mass is 326 g/mol. The van der Waals surface area contributed by atoms with E-state index in [4.69, 9.17) is 0 Å². The standard InChI is InChI=1S/C17H24F2N2O2/c1-13-7-4-5-11-21(13)12-6-10-20-16(22)14-8-2-3-9-15(14)23-17(18)19/h2-3,8-9,13,17H,4-7,10-12H2,1H3,(H,20,22). The molecular weight excluding hydrogens is 302 g/mol. The number of ether oxygens (including phenoxy) is 1. The zero-order valence-electron chi connectivity index (χ0n) is 13.4. The molecule has 1 aromatic carbocycles. The Balaban J connectivity index is 1.78. The van der Waals surface area contributed by atoms with Crippen LogP contribution in [0.5, 0.6) is 5.75 Å². The number of alkyl halides is 2. The molecule has 0 aliphatic carbocycles. The van der Waals surface area contributed by atoms with E-state index in [9.17, 15) is 13.6 Å². The van der Waals surface area contributed by atoms with E-state index in [-0.39, 0.29) is 17.2 Å². The fourth-order valence-corrected chi connectivity index (χ4v) is 2.92. The van der Waals surface area contributed by atoms with Gasteiger partial charge in [-0.05, 0) is 44.9 Å². The van der Waals surface area contributed by atoms with Gasteiger partial charge in [-0.2, -0.15) is 8.78 Å². The molecule has 1 unspecified atom stereocenters. The lowest BCUT2D eigenvalue weighted by Crippen LogP contribution is -2.39. The Kier molecular flexibility index (Phi) is 6.77. The van der Waals surface area contributed by atoms with E-state index >= 15 is 0 Å². The van der Waals surface area contributed by atoms with Crippen LogP contribution >= 0.6 is 0 Å². The number of piperidine rings is 1. The van der Waals surface area contributed by atoms with Gasteiger partial charge in [-0.3, -0.25) is 4.79 Å². The number of hydrogen-bond donors (Lipinski definition) is 1. The van der Waals surface area contributed by atoms with Crippen LogP contribution in [0.1, 0.15) is 43.0 Å². The topological polar surface area (TPSA) is 41.6 Å². The van der Waals surface area contributed by atoms with E-state index in [0.29, 0.717) is 12.6 Å². The van der Waals surface area contributed by atoms with Gasteiger partial charge in [0.25, 0.3) is 5.91 Å². The van der Waals surface area contributed by atoms with Crippen LogP contribution in [0, 0.1) is 0 Å². The van der Waals surface area contributed by atoms with Crippen LogP contribution in [-0.2, 0) is 0 Å². The molecule has 0 radical (unpaired) electrons. The average molecular weight is 326 g/mol. The number of nitrogens with zero attached hydrogens (tertiary/aromatic N) is 1. The molecule has 1 aliphatic heterocycles. The molecular formula is C17H24F2N2O2. The zero-order chi connectivity index (χ0) is 16.7. The summed E-state index contributed by atoms with van der Waals surface area (Å²) in [6.07, 6.45) is 4.59. The molecule has 1 fully saturated rings. The molecule has 1 aromatic rings. The van der Waals surface area contributed by atoms with Crippen molar-refractivity contribution in [1.29, 1.82) is 0 Å². The van der Waals surface area contributed by atoms with Gasteiger partial charge >= 0.3 is 6.61 Å². The first-order valence-electron chi connectivity index (χ1n) is 8.14. The summed E-state index contributed by atoms with van der Waals surface area (Å²) in [6, 6.07) is 6.64. The van der Waals surface area contributed by atoms with E-state index < -0.39 is 6.61 Å². The van der Waals surface area contributed by atoms with Crippen LogP contribution in [0.25, 0.3) is 0 Å². The van der Waals surface area contributed by atoms with Crippen molar-refractivity contribution in [3.05, 3.63) is 29.8 Å². The molecule has 1 saturated heterocycles. The second-order valence-corrected chi connectivity index (χ2v) is 5.86. The normalized spacial score (nSPS) is 18.9. The number of halogens is 2. The fourth-order valence-electron chi connectivity index (χ4n) is 2.92. The smallest absolute Gasteiger partial charge is 0.387 e. The number of nitrogens with one attached hydrogen (secondary N) is 1. The van der Waals surface area contributed by atoms with E-state index in [1.54, 1.807) is 12.1 Å². The third kappa shape index (κ3) is 5.46. The van der Waals surface area contributed by atoms with Gasteiger partial charge in [0.1, 0.15) is 5.75 Å². The first-order valence-corrected chi connectivity index (χ1v) is 8.14. The predicted molar refractivity (Wildman–Crippen MR) is 84.9 cm³/mol. The molecule has 0 spiro atoms. The van der Waals surface area contributed by atoms with Crippen molar-refractivity contribution in [2.45, 2.75) is 45.3 Å². The van der Waals surface area contributed by atoms with E-state index in [0.717, 1.165) is 19.5 Å². The Bertz CT molecular complexity index is 511. The van der Waals surface area contributed by atoms with Crippen molar-refractivity contribution in [2.75, 3.05) is 19.6 Å². The molecule has 1 heterocycles. The number of para-hydroxylation sites is 1. The Morgan fingerprint density at radius 3 is 2.91 bits per heavy atom. The summed E-state index contributed by atoms with van der Waals surface area (Å²) in [4.78, 5) is 14.5. The summed E-state index contributed by atoms with van der Waals surface area (Å²) in [6.45, 7) is 1.86. The van der Waals surface area contributed by atoms with Crippen LogP contribution in [0.4, 0.5) is 8.78 Å². The summed E-state index contributed by atoms with van der Waals surface area (Å²) in [7, 11) is 0.